The minimum absolute atomic E-state index is 0.0282. The average molecular weight is 307 g/mol. The van der Waals surface area contributed by atoms with Gasteiger partial charge in [-0.3, -0.25) is 4.79 Å². The maximum atomic E-state index is 11.6. The Bertz CT molecular complexity index is 420. The Balaban J connectivity index is 3.84. The van der Waals surface area contributed by atoms with Gasteiger partial charge in [-0.2, -0.15) is 0 Å². The van der Waals surface area contributed by atoms with E-state index in [2.05, 4.69) is 37.9 Å². The van der Waals surface area contributed by atoms with Crippen LogP contribution in [0.2, 0.25) is 0 Å². The van der Waals surface area contributed by atoms with Crippen molar-refractivity contribution in [2.75, 3.05) is 13.7 Å². The first-order chi connectivity index (χ1) is 10.5. The Morgan fingerprint density at radius 1 is 1.32 bits per heavy atom. The maximum absolute atomic E-state index is 11.6. The molecule has 0 aromatic rings. The number of unbranched alkanes of at least 4 members (excludes halogenated alkanes) is 2. The fourth-order valence-electron chi connectivity index (χ4n) is 1.70. The van der Waals surface area contributed by atoms with Gasteiger partial charge in [-0.05, 0) is 37.3 Å². The van der Waals surface area contributed by atoms with E-state index in [0.717, 1.165) is 19.3 Å². The topological polar surface area (TPSA) is 58.6 Å². The lowest BCUT2D eigenvalue weighted by Gasteiger charge is -2.03. The molecule has 0 spiro atoms. The molecule has 0 fully saturated rings. The molecule has 0 atom stereocenters. The SMILES string of the molecule is C=C/C(O)=C(\C=C\CNC(=O)CCCC/C=C/C(C)C)OC. The minimum atomic E-state index is -0.0282. The van der Waals surface area contributed by atoms with Gasteiger partial charge in [-0.1, -0.05) is 38.7 Å². The van der Waals surface area contributed by atoms with Gasteiger partial charge < -0.3 is 15.2 Å². The lowest BCUT2D eigenvalue weighted by Crippen LogP contribution is -2.22. The number of amides is 1. The Kier molecular flexibility index (Phi) is 11.6. The number of hydrogen-bond donors (Lipinski definition) is 2. The molecule has 2 N–H and O–H groups in total. The predicted octanol–water partition coefficient (Wildman–Crippen LogP) is 4.03. The summed E-state index contributed by atoms with van der Waals surface area (Å²) in [6.07, 6.45) is 12.5. The minimum Gasteiger partial charge on any atom is -0.504 e. The predicted molar refractivity (Wildman–Crippen MR) is 91.5 cm³/mol. The third-order valence-corrected chi connectivity index (χ3v) is 2.90. The molecule has 124 valence electrons. The molecular formula is C18H29NO3. The van der Waals surface area contributed by atoms with Crippen LogP contribution < -0.4 is 5.32 Å². The first-order valence-electron chi connectivity index (χ1n) is 7.70. The Morgan fingerprint density at radius 3 is 2.64 bits per heavy atom. The number of ether oxygens (including phenoxy) is 1. The molecule has 0 aromatic heterocycles. The van der Waals surface area contributed by atoms with Crippen LogP contribution >= 0.6 is 0 Å². The zero-order valence-electron chi connectivity index (χ0n) is 14.0. The third kappa shape index (κ3) is 10.8. The molecule has 4 heteroatoms. The van der Waals surface area contributed by atoms with Crippen molar-refractivity contribution in [3.05, 3.63) is 48.5 Å². The number of aliphatic hydroxyl groups is 1. The van der Waals surface area contributed by atoms with Gasteiger partial charge in [-0.15, -0.1) is 0 Å². The number of nitrogens with one attached hydrogen (secondary N) is 1. The van der Waals surface area contributed by atoms with E-state index >= 15 is 0 Å². The van der Waals surface area contributed by atoms with Gasteiger partial charge in [0.05, 0.1) is 7.11 Å². The molecule has 0 radical (unpaired) electrons. The number of aliphatic hydroxyl groups excluding tert-OH is 1. The number of allylic oxidation sites excluding steroid dienone is 4. The maximum Gasteiger partial charge on any atom is 0.220 e. The van der Waals surface area contributed by atoms with Crippen molar-refractivity contribution in [3.8, 4) is 0 Å². The molecular weight excluding hydrogens is 278 g/mol. The molecule has 0 heterocycles. The number of carbonyl (C=O) groups is 1. The molecule has 4 nitrogen and oxygen atoms in total. The van der Waals surface area contributed by atoms with Crippen LogP contribution in [0.1, 0.15) is 39.5 Å². The summed E-state index contributed by atoms with van der Waals surface area (Å²) in [6, 6.07) is 0. The van der Waals surface area contributed by atoms with Gasteiger partial charge >= 0.3 is 0 Å². The van der Waals surface area contributed by atoms with E-state index in [9.17, 15) is 9.90 Å². The second-order valence-electron chi connectivity index (χ2n) is 5.28. The zero-order chi connectivity index (χ0) is 16.8. The smallest absolute Gasteiger partial charge is 0.220 e. The first kappa shape index (κ1) is 20.0. The van der Waals surface area contributed by atoms with Crippen LogP contribution in [-0.4, -0.2) is 24.7 Å². The highest BCUT2D eigenvalue weighted by Gasteiger charge is 2.00. The number of carbonyl (C=O) groups excluding carboxylic acids is 1. The number of rotatable bonds is 11. The molecule has 0 saturated carbocycles. The highest BCUT2D eigenvalue weighted by atomic mass is 16.5. The molecule has 0 bridgehead atoms. The molecule has 0 rings (SSSR count). The molecule has 0 aliphatic carbocycles. The molecule has 0 aliphatic heterocycles. The monoisotopic (exact) mass is 307 g/mol. The largest absolute Gasteiger partial charge is 0.504 e. The van der Waals surface area contributed by atoms with Crippen molar-refractivity contribution < 1.29 is 14.6 Å². The first-order valence-corrected chi connectivity index (χ1v) is 7.70. The van der Waals surface area contributed by atoms with Gasteiger partial charge in [0.15, 0.2) is 11.5 Å². The van der Waals surface area contributed by atoms with Gasteiger partial charge in [0, 0.05) is 13.0 Å². The molecule has 1 amide bonds. The summed E-state index contributed by atoms with van der Waals surface area (Å²) in [5.74, 6) is 0.913. The quantitative estimate of drug-likeness (QED) is 0.262. The van der Waals surface area contributed by atoms with Crippen molar-refractivity contribution in [1.29, 1.82) is 0 Å². The number of methoxy groups -OCH3 is 1. The van der Waals surface area contributed by atoms with E-state index in [-0.39, 0.29) is 11.7 Å². The normalized spacial score (nSPS) is 12.7. The Hall–Kier alpha value is -1.97. The average Bonchev–Trinajstić information content (AvgIpc) is 2.49. The second kappa shape index (κ2) is 12.7. The summed E-state index contributed by atoms with van der Waals surface area (Å²) in [5, 5.41) is 12.2. The summed E-state index contributed by atoms with van der Waals surface area (Å²) in [4.78, 5) is 11.6. The molecule has 22 heavy (non-hydrogen) atoms. The van der Waals surface area contributed by atoms with E-state index in [0.29, 0.717) is 24.6 Å². The van der Waals surface area contributed by atoms with Gasteiger partial charge in [0.1, 0.15) is 0 Å². The molecule has 0 saturated heterocycles. The van der Waals surface area contributed by atoms with Crippen LogP contribution in [0, 0.1) is 5.92 Å². The lowest BCUT2D eigenvalue weighted by atomic mass is 10.1. The highest BCUT2D eigenvalue weighted by molar-refractivity contribution is 5.75. The fraction of sp³-hybridized carbons (Fsp3) is 0.500. The standard InChI is InChI=1S/C18H29NO3/c1-5-16(20)17(22-4)12-10-14-19-18(21)13-9-7-6-8-11-15(2)3/h5,8,10-12,15,20H,1,6-7,9,13-14H2,2-4H3,(H,19,21)/b11-8+,12-10+,17-16-. The summed E-state index contributed by atoms with van der Waals surface area (Å²) in [6.45, 7) is 8.16. The van der Waals surface area contributed by atoms with Crippen LogP contribution in [0.3, 0.4) is 0 Å². The highest BCUT2D eigenvalue weighted by Crippen LogP contribution is 2.05. The third-order valence-electron chi connectivity index (χ3n) is 2.90. The van der Waals surface area contributed by atoms with Crippen molar-refractivity contribution in [1.82, 2.24) is 5.32 Å². The van der Waals surface area contributed by atoms with Crippen LogP contribution in [0.15, 0.2) is 48.5 Å². The summed E-state index contributed by atoms with van der Waals surface area (Å²) < 4.78 is 4.98. The van der Waals surface area contributed by atoms with Crippen LogP contribution in [0.5, 0.6) is 0 Å². The summed E-state index contributed by atoms with van der Waals surface area (Å²) >= 11 is 0. The second-order valence-corrected chi connectivity index (χ2v) is 5.28. The molecule has 0 aliphatic rings. The molecule has 0 unspecified atom stereocenters. The van der Waals surface area contributed by atoms with Crippen molar-refractivity contribution in [2.45, 2.75) is 39.5 Å². The van der Waals surface area contributed by atoms with Crippen LogP contribution in [0.25, 0.3) is 0 Å². The van der Waals surface area contributed by atoms with Crippen molar-refractivity contribution >= 4 is 5.91 Å². The summed E-state index contributed by atoms with van der Waals surface area (Å²) in [7, 11) is 1.46. The van der Waals surface area contributed by atoms with Crippen LogP contribution in [0.4, 0.5) is 0 Å². The Morgan fingerprint density at radius 2 is 2.05 bits per heavy atom. The zero-order valence-corrected chi connectivity index (χ0v) is 14.0. The van der Waals surface area contributed by atoms with Gasteiger partial charge in [-0.25, -0.2) is 0 Å². The number of hydrogen-bond acceptors (Lipinski definition) is 3. The van der Waals surface area contributed by atoms with E-state index in [4.69, 9.17) is 4.74 Å². The fourth-order valence-corrected chi connectivity index (χ4v) is 1.70. The van der Waals surface area contributed by atoms with E-state index < -0.39 is 0 Å². The Labute approximate surface area is 134 Å². The van der Waals surface area contributed by atoms with E-state index in [1.54, 1.807) is 12.2 Å². The van der Waals surface area contributed by atoms with Gasteiger partial charge in [0.25, 0.3) is 0 Å². The van der Waals surface area contributed by atoms with Crippen molar-refractivity contribution in [2.24, 2.45) is 5.92 Å². The molecule has 0 aromatic carbocycles. The van der Waals surface area contributed by atoms with Crippen molar-refractivity contribution in [3.63, 3.8) is 0 Å². The summed E-state index contributed by atoms with van der Waals surface area (Å²) in [5.41, 5.74) is 0. The lowest BCUT2D eigenvalue weighted by molar-refractivity contribution is -0.120. The van der Waals surface area contributed by atoms with Gasteiger partial charge in [0.2, 0.25) is 5.91 Å². The van der Waals surface area contributed by atoms with E-state index in [1.165, 1.54) is 13.2 Å². The van der Waals surface area contributed by atoms with E-state index in [1.807, 2.05) is 0 Å². The van der Waals surface area contributed by atoms with Crippen LogP contribution in [-0.2, 0) is 9.53 Å².